The predicted molar refractivity (Wildman–Crippen MR) is 49.8 cm³/mol. The van der Waals surface area contributed by atoms with Gasteiger partial charge in [-0.3, -0.25) is 10.1 Å². The van der Waals surface area contributed by atoms with Gasteiger partial charge in [-0.25, -0.2) is 4.98 Å². The number of rotatable bonds is 2. The molecule has 14 heavy (non-hydrogen) atoms. The Bertz CT molecular complexity index is 384. The first-order valence-corrected chi connectivity index (χ1v) is 4.65. The van der Waals surface area contributed by atoms with E-state index in [1.165, 1.54) is 0 Å². The van der Waals surface area contributed by atoms with Gasteiger partial charge in [-0.1, -0.05) is 6.92 Å². The first kappa shape index (κ1) is 9.21. The Morgan fingerprint density at radius 3 is 3.07 bits per heavy atom. The van der Waals surface area contributed by atoms with Crippen molar-refractivity contribution in [3.8, 4) is 0 Å². The van der Waals surface area contributed by atoms with E-state index in [-0.39, 0.29) is 0 Å². The summed E-state index contributed by atoms with van der Waals surface area (Å²) < 4.78 is 1.88. The zero-order chi connectivity index (χ0) is 10.3. The lowest BCUT2D eigenvalue weighted by atomic mass is 10.2. The summed E-state index contributed by atoms with van der Waals surface area (Å²) in [7, 11) is 1.87. The number of hydrogen-bond acceptors (Lipinski definition) is 3. The molecule has 1 unspecified atom stereocenters. The van der Waals surface area contributed by atoms with Crippen LogP contribution in [0.25, 0.3) is 0 Å². The summed E-state index contributed by atoms with van der Waals surface area (Å²) in [6.45, 7) is 2.57. The van der Waals surface area contributed by atoms with Crippen LogP contribution in [-0.4, -0.2) is 20.6 Å². The fraction of sp³-hybridized carbons (Fsp3) is 0.556. The molecule has 1 aliphatic heterocycles. The largest absolute Gasteiger partial charge is 0.480 e. The summed E-state index contributed by atoms with van der Waals surface area (Å²) in [6.07, 6.45) is 0.829. The van der Waals surface area contributed by atoms with Gasteiger partial charge in [-0.15, -0.1) is 0 Å². The Balaban J connectivity index is 2.47. The minimum atomic E-state index is -0.839. The van der Waals surface area contributed by atoms with Crippen molar-refractivity contribution in [2.75, 3.05) is 0 Å². The van der Waals surface area contributed by atoms with Crippen molar-refractivity contribution in [3.05, 3.63) is 17.2 Å². The summed E-state index contributed by atoms with van der Waals surface area (Å²) in [4.78, 5) is 15.3. The Hall–Kier alpha value is -1.36. The van der Waals surface area contributed by atoms with Crippen LogP contribution in [0.4, 0.5) is 0 Å². The third-order valence-corrected chi connectivity index (χ3v) is 2.62. The number of nitrogens with one attached hydrogen (secondary N) is 1. The molecular formula is C9H13N3O2. The van der Waals surface area contributed by atoms with E-state index in [0.29, 0.717) is 6.54 Å². The molecule has 2 N–H and O–H groups in total. The lowest BCUT2D eigenvalue weighted by Gasteiger charge is -2.08. The van der Waals surface area contributed by atoms with Crippen LogP contribution in [0.15, 0.2) is 0 Å². The summed E-state index contributed by atoms with van der Waals surface area (Å²) in [6, 6.07) is -0.595. The number of aryl methyl sites for hydroxylation is 1. The molecule has 0 aliphatic carbocycles. The molecule has 0 aromatic carbocycles. The molecule has 0 saturated heterocycles. The number of aromatic nitrogens is 2. The van der Waals surface area contributed by atoms with Gasteiger partial charge in [-0.05, 0) is 0 Å². The van der Waals surface area contributed by atoms with Crippen molar-refractivity contribution in [1.82, 2.24) is 14.9 Å². The van der Waals surface area contributed by atoms with E-state index < -0.39 is 12.0 Å². The van der Waals surface area contributed by atoms with E-state index in [1.54, 1.807) is 0 Å². The molecule has 2 heterocycles. The second kappa shape index (κ2) is 3.09. The van der Waals surface area contributed by atoms with Gasteiger partial charge in [0.2, 0.25) is 0 Å². The maximum atomic E-state index is 10.9. The molecule has 0 saturated carbocycles. The zero-order valence-electron chi connectivity index (χ0n) is 8.24. The van der Waals surface area contributed by atoms with Crippen LogP contribution in [0.1, 0.15) is 30.2 Å². The van der Waals surface area contributed by atoms with E-state index >= 15 is 0 Å². The van der Waals surface area contributed by atoms with Gasteiger partial charge >= 0.3 is 5.97 Å². The molecular weight excluding hydrogens is 182 g/mol. The molecule has 0 radical (unpaired) electrons. The standard InChI is InChI=1S/C9H13N3O2/c1-3-6-11-5-4-10-7(9(13)14)8(5)12(6)2/h7,10H,3-4H2,1-2H3,(H,13,14). The van der Waals surface area contributed by atoms with Gasteiger partial charge in [0.25, 0.3) is 0 Å². The topological polar surface area (TPSA) is 67.2 Å². The predicted octanol–water partition coefficient (Wildman–Crippen LogP) is 0.211. The van der Waals surface area contributed by atoms with Crippen LogP contribution in [0.2, 0.25) is 0 Å². The molecule has 1 atom stereocenters. The monoisotopic (exact) mass is 195 g/mol. The number of carbonyl (C=O) groups is 1. The Morgan fingerprint density at radius 1 is 1.79 bits per heavy atom. The summed E-state index contributed by atoms with van der Waals surface area (Å²) in [5, 5.41) is 11.9. The molecule has 1 aromatic heterocycles. The highest BCUT2D eigenvalue weighted by Gasteiger charge is 2.32. The second-order valence-electron chi connectivity index (χ2n) is 3.42. The number of carboxylic acids is 1. The normalized spacial score (nSPS) is 19.7. The van der Waals surface area contributed by atoms with Crippen LogP contribution in [0, 0.1) is 0 Å². The molecule has 0 fully saturated rings. The zero-order valence-corrected chi connectivity index (χ0v) is 8.24. The van der Waals surface area contributed by atoms with Crippen molar-refractivity contribution >= 4 is 5.97 Å². The Morgan fingerprint density at radius 2 is 2.50 bits per heavy atom. The Labute approximate surface area is 81.8 Å². The minimum Gasteiger partial charge on any atom is -0.480 e. The first-order chi connectivity index (χ1) is 6.65. The quantitative estimate of drug-likeness (QED) is 0.708. The van der Waals surface area contributed by atoms with Crippen molar-refractivity contribution < 1.29 is 9.90 Å². The average molecular weight is 195 g/mol. The lowest BCUT2D eigenvalue weighted by Crippen LogP contribution is -2.24. The number of aliphatic carboxylic acids is 1. The highest BCUT2D eigenvalue weighted by atomic mass is 16.4. The molecule has 5 heteroatoms. The maximum Gasteiger partial charge on any atom is 0.326 e. The number of fused-ring (bicyclic) bond motifs is 1. The van der Waals surface area contributed by atoms with Crippen LogP contribution in [0.3, 0.4) is 0 Å². The molecule has 5 nitrogen and oxygen atoms in total. The summed E-state index contributed by atoms with van der Waals surface area (Å²) >= 11 is 0. The number of hydrogen-bond donors (Lipinski definition) is 2. The SMILES string of the molecule is CCc1nc2c(n1C)C(C(=O)O)NC2. The molecule has 0 amide bonds. The van der Waals surface area contributed by atoms with E-state index in [0.717, 1.165) is 23.6 Å². The number of carboxylic acid groups (broad SMARTS) is 1. The van der Waals surface area contributed by atoms with E-state index in [9.17, 15) is 4.79 Å². The van der Waals surface area contributed by atoms with Crippen molar-refractivity contribution in [1.29, 1.82) is 0 Å². The van der Waals surface area contributed by atoms with Crippen LogP contribution in [-0.2, 0) is 24.8 Å². The summed E-state index contributed by atoms with van der Waals surface area (Å²) in [5.41, 5.74) is 1.67. The highest BCUT2D eigenvalue weighted by molar-refractivity contribution is 5.76. The molecule has 1 aromatic rings. The van der Waals surface area contributed by atoms with Gasteiger partial charge in [0.05, 0.1) is 11.4 Å². The van der Waals surface area contributed by atoms with Crippen LogP contribution in [0.5, 0.6) is 0 Å². The third kappa shape index (κ3) is 1.13. The van der Waals surface area contributed by atoms with Gasteiger partial charge in [-0.2, -0.15) is 0 Å². The number of imidazole rings is 1. The minimum absolute atomic E-state index is 0.556. The molecule has 1 aliphatic rings. The first-order valence-electron chi connectivity index (χ1n) is 4.65. The molecule has 0 spiro atoms. The van der Waals surface area contributed by atoms with Crippen molar-refractivity contribution in [2.24, 2.45) is 7.05 Å². The third-order valence-electron chi connectivity index (χ3n) is 2.62. The van der Waals surface area contributed by atoms with Gasteiger partial charge in [0.15, 0.2) is 0 Å². The second-order valence-corrected chi connectivity index (χ2v) is 3.42. The maximum absolute atomic E-state index is 10.9. The van der Waals surface area contributed by atoms with Crippen molar-refractivity contribution in [3.63, 3.8) is 0 Å². The molecule has 76 valence electrons. The van der Waals surface area contributed by atoms with Crippen molar-refractivity contribution in [2.45, 2.75) is 25.9 Å². The lowest BCUT2D eigenvalue weighted by molar-refractivity contribution is -0.139. The molecule has 0 bridgehead atoms. The fourth-order valence-corrected chi connectivity index (χ4v) is 1.93. The van der Waals surface area contributed by atoms with Gasteiger partial charge in [0, 0.05) is 20.0 Å². The van der Waals surface area contributed by atoms with E-state index in [4.69, 9.17) is 5.11 Å². The molecule has 2 rings (SSSR count). The fourth-order valence-electron chi connectivity index (χ4n) is 1.93. The highest BCUT2D eigenvalue weighted by Crippen LogP contribution is 2.25. The Kier molecular flexibility index (Phi) is 2.03. The van der Waals surface area contributed by atoms with Gasteiger partial charge < -0.3 is 9.67 Å². The summed E-state index contributed by atoms with van der Waals surface area (Å²) in [5.74, 6) is 0.108. The van der Waals surface area contributed by atoms with Gasteiger partial charge in [0.1, 0.15) is 11.9 Å². The smallest absolute Gasteiger partial charge is 0.326 e. The van der Waals surface area contributed by atoms with Crippen LogP contribution >= 0.6 is 0 Å². The van der Waals surface area contributed by atoms with E-state index in [2.05, 4.69) is 10.3 Å². The number of nitrogens with zero attached hydrogens (tertiary/aromatic N) is 2. The van der Waals surface area contributed by atoms with E-state index in [1.807, 2.05) is 18.5 Å². The van der Waals surface area contributed by atoms with Crippen LogP contribution < -0.4 is 5.32 Å². The average Bonchev–Trinajstić information content (AvgIpc) is 2.66.